The number of hydrogen-bond acceptors (Lipinski definition) is 4. The highest BCUT2D eigenvalue weighted by atomic mass is 16.5. The van der Waals surface area contributed by atoms with Crippen LogP contribution >= 0.6 is 0 Å². The summed E-state index contributed by atoms with van der Waals surface area (Å²) in [4.78, 5) is 2.83. The van der Waals surface area contributed by atoms with Gasteiger partial charge in [-0.2, -0.15) is 0 Å². The van der Waals surface area contributed by atoms with E-state index in [0.717, 1.165) is 18.8 Å². The van der Waals surface area contributed by atoms with Gasteiger partial charge in [0.25, 0.3) is 0 Å². The second kappa shape index (κ2) is 8.48. The molecule has 4 fully saturated rings. The molecule has 0 spiro atoms. The summed E-state index contributed by atoms with van der Waals surface area (Å²) in [6, 6.07) is 0. The molecule has 4 rings (SSSR count). The molecule has 0 radical (unpaired) electrons. The van der Waals surface area contributed by atoms with Crippen molar-refractivity contribution in [2.75, 3.05) is 33.3 Å². The molecule has 24 heavy (non-hydrogen) atoms. The molecule has 4 aliphatic rings. The van der Waals surface area contributed by atoms with Crippen LogP contribution in [0.1, 0.15) is 65.2 Å². The maximum Gasteiger partial charge on any atom is 0.0628 e. The maximum atomic E-state index is 6.27. The molecule has 0 unspecified atom stereocenters. The van der Waals surface area contributed by atoms with E-state index in [1.165, 1.54) is 64.7 Å². The number of nitrogens with one attached hydrogen (secondary N) is 1. The van der Waals surface area contributed by atoms with Crippen molar-refractivity contribution in [1.29, 1.82) is 0 Å². The van der Waals surface area contributed by atoms with Crippen molar-refractivity contribution in [3.8, 4) is 0 Å². The summed E-state index contributed by atoms with van der Waals surface area (Å²) in [5, 5.41) is 3.52. The molecule has 4 nitrogen and oxygen atoms in total. The molecule has 0 atom stereocenters. The minimum Gasteiger partial charge on any atom is -0.381 e. The van der Waals surface area contributed by atoms with Crippen LogP contribution in [-0.4, -0.2) is 62.0 Å². The molecule has 140 valence electrons. The summed E-state index contributed by atoms with van der Waals surface area (Å²) < 4.78 is 11.6. The molecule has 0 bridgehead atoms. The highest BCUT2D eigenvalue weighted by Gasteiger charge is 2.53. The van der Waals surface area contributed by atoms with E-state index in [9.17, 15) is 0 Å². The first-order chi connectivity index (χ1) is 11.8. The zero-order valence-corrected chi connectivity index (χ0v) is 16.1. The first kappa shape index (κ1) is 18.6. The van der Waals surface area contributed by atoms with Crippen LogP contribution in [0.2, 0.25) is 0 Å². The number of hydrogen-bond donors (Lipinski definition) is 1. The van der Waals surface area contributed by atoms with Gasteiger partial charge in [0.15, 0.2) is 0 Å². The van der Waals surface area contributed by atoms with Gasteiger partial charge in [-0.1, -0.05) is 13.8 Å². The van der Waals surface area contributed by atoms with Crippen molar-refractivity contribution >= 4 is 0 Å². The third kappa shape index (κ3) is 3.98. The summed E-state index contributed by atoms with van der Waals surface area (Å²) in [6.07, 6.45) is 11.8. The number of rotatable bonds is 5. The predicted molar refractivity (Wildman–Crippen MR) is 98.4 cm³/mol. The number of nitrogens with zero attached hydrogens (tertiary/aromatic N) is 1. The zero-order chi connectivity index (χ0) is 17.0. The number of likely N-dealkylation sites (tertiary alicyclic amines) is 1. The van der Waals surface area contributed by atoms with Crippen molar-refractivity contribution in [3.05, 3.63) is 0 Å². The van der Waals surface area contributed by atoms with Crippen LogP contribution in [-0.2, 0) is 9.47 Å². The van der Waals surface area contributed by atoms with E-state index in [-0.39, 0.29) is 0 Å². The van der Waals surface area contributed by atoms with Gasteiger partial charge < -0.3 is 14.8 Å². The summed E-state index contributed by atoms with van der Waals surface area (Å²) in [7, 11) is 1.81. The minimum atomic E-state index is 0.458. The van der Waals surface area contributed by atoms with Gasteiger partial charge in [0.05, 0.1) is 18.3 Å². The Labute approximate surface area is 148 Å². The van der Waals surface area contributed by atoms with E-state index >= 15 is 0 Å². The van der Waals surface area contributed by atoms with E-state index < -0.39 is 0 Å². The van der Waals surface area contributed by atoms with Crippen LogP contribution in [0.5, 0.6) is 0 Å². The Morgan fingerprint density at radius 3 is 2.04 bits per heavy atom. The van der Waals surface area contributed by atoms with Crippen LogP contribution in [0.3, 0.4) is 0 Å². The first-order valence-electron chi connectivity index (χ1n) is 10.4. The fourth-order valence-electron chi connectivity index (χ4n) is 5.00. The van der Waals surface area contributed by atoms with Gasteiger partial charge >= 0.3 is 0 Å². The molecule has 0 aromatic carbocycles. The first-order valence-corrected chi connectivity index (χ1v) is 10.4. The summed E-state index contributed by atoms with van der Waals surface area (Å²) in [6.45, 7) is 8.98. The van der Waals surface area contributed by atoms with Crippen LogP contribution in [0, 0.1) is 5.92 Å². The fraction of sp³-hybridized carbons (Fsp3) is 1.00. The van der Waals surface area contributed by atoms with Gasteiger partial charge in [-0.3, -0.25) is 4.90 Å². The Kier molecular flexibility index (Phi) is 6.58. The number of ether oxygens (including phenoxy) is 2. The normalized spacial score (nSPS) is 34.1. The van der Waals surface area contributed by atoms with Gasteiger partial charge in [0.2, 0.25) is 0 Å². The predicted octanol–water partition coefficient (Wildman–Crippen LogP) is 3.20. The molecule has 2 aliphatic heterocycles. The smallest absolute Gasteiger partial charge is 0.0628 e. The van der Waals surface area contributed by atoms with Crippen molar-refractivity contribution < 1.29 is 9.47 Å². The lowest BCUT2D eigenvalue weighted by atomic mass is 9.85. The number of methoxy groups -OCH3 is 1. The van der Waals surface area contributed by atoms with Gasteiger partial charge in [-0.15, -0.1) is 0 Å². The quantitative estimate of drug-likeness (QED) is 0.835. The Morgan fingerprint density at radius 1 is 0.875 bits per heavy atom. The van der Waals surface area contributed by atoms with E-state index in [1.54, 1.807) is 0 Å². The van der Waals surface area contributed by atoms with E-state index in [2.05, 4.69) is 10.2 Å². The van der Waals surface area contributed by atoms with Gasteiger partial charge in [0.1, 0.15) is 0 Å². The van der Waals surface area contributed by atoms with E-state index in [4.69, 9.17) is 9.47 Å². The Balaban J connectivity index is 0.000000815. The highest BCUT2D eigenvalue weighted by molar-refractivity contribution is 5.09. The maximum absolute atomic E-state index is 6.27. The average molecular weight is 339 g/mol. The standard InChI is InChI=1S/C18H32N2O2.C2H6/c1-21-16-12-17(13-16)22-15-4-10-20(11-5-15)18(6-7-18)14-2-8-19-9-3-14;1-2/h14-17,19H,2-13H2,1H3;1-2H3. The lowest BCUT2D eigenvalue weighted by molar-refractivity contribution is -0.129. The SMILES string of the molecule is CC.COC1CC(OC2CCN(C3(C4CCNCC4)CC3)CC2)C1. The largest absolute Gasteiger partial charge is 0.381 e. The summed E-state index contributed by atoms with van der Waals surface area (Å²) in [5.74, 6) is 0.945. The zero-order valence-electron chi connectivity index (χ0n) is 16.1. The molecular weight excluding hydrogens is 300 g/mol. The molecular formula is C20H38N2O2. The van der Waals surface area contributed by atoms with Crippen molar-refractivity contribution in [3.63, 3.8) is 0 Å². The van der Waals surface area contributed by atoms with Gasteiger partial charge in [0, 0.05) is 25.7 Å². The van der Waals surface area contributed by atoms with Crippen LogP contribution < -0.4 is 5.32 Å². The fourth-order valence-corrected chi connectivity index (χ4v) is 5.00. The Morgan fingerprint density at radius 2 is 1.50 bits per heavy atom. The molecule has 2 saturated heterocycles. The van der Waals surface area contributed by atoms with E-state index in [0.29, 0.717) is 23.9 Å². The second-order valence-corrected chi connectivity index (χ2v) is 7.90. The molecule has 0 aromatic rings. The molecule has 2 saturated carbocycles. The third-order valence-corrected chi connectivity index (χ3v) is 6.70. The van der Waals surface area contributed by atoms with Gasteiger partial charge in [-0.05, 0) is 70.4 Å². The summed E-state index contributed by atoms with van der Waals surface area (Å²) in [5.41, 5.74) is 0.588. The van der Waals surface area contributed by atoms with Gasteiger partial charge in [-0.25, -0.2) is 0 Å². The molecule has 0 aromatic heterocycles. The Bertz CT molecular complexity index is 366. The van der Waals surface area contributed by atoms with E-state index in [1.807, 2.05) is 21.0 Å². The van der Waals surface area contributed by atoms with Crippen LogP contribution in [0.15, 0.2) is 0 Å². The molecule has 0 amide bonds. The Hall–Kier alpha value is -0.160. The molecule has 2 heterocycles. The lowest BCUT2D eigenvalue weighted by Crippen LogP contribution is -2.51. The second-order valence-electron chi connectivity index (χ2n) is 7.90. The highest BCUT2D eigenvalue weighted by Crippen LogP contribution is 2.51. The average Bonchev–Trinajstić information content (AvgIpc) is 3.43. The molecule has 2 aliphatic carbocycles. The van der Waals surface area contributed by atoms with Crippen molar-refractivity contribution in [2.24, 2.45) is 5.92 Å². The van der Waals surface area contributed by atoms with Crippen molar-refractivity contribution in [1.82, 2.24) is 10.2 Å². The minimum absolute atomic E-state index is 0.458. The monoisotopic (exact) mass is 338 g/mol. The lowest BCUT2D eigenvalue weighted by Gasteiger charge is -2.44. The van der Waals surface area contributed by atoms with Crippen LogP contribution in [0.4, 0.5) is 0 Å². The molecule has 1 N–H and O–H groups in total. The number of piperidine rings is 2. The summed E-state index contributed by atoms with van der Waals surface area (Å²) >= 11 is 0. The topological polar surface area (TPSA) is 33.7 Å². The van der Waals surface area contributed by atoms with Crippen LogP contribution in [0.25, 0.3) is 0 Å². The third-order valence-electron chi connectivity index (χ3n) is 6.70. The molecule has 4 heteroatoms. The van der Waals surface area contributed by atoms with Crippen molar-refractivity contribution in [2.45, 2.75) is 89.1 Å².